The summed E-state index contributed by atoms with van der Waals surface area (Å²) in [5, 5.41) is 12.1. The number of halogens is 2. The van der Waals surface area contributed by atoms with E-state index in [1.165, 1.54) is 23.5 Å². The van der Waals surface area contributed by atoms with Gasteiger partial charge in [-0.1, -0.05) is 41.9 Å². The summed E-state index contributed by atoms with van der Waals surface area (Å²) in [7, 11) is 0. The van der Waals surface area contributed by atoms with Crippen LogP contribution >= 0.6 is 22.9 Å². The molecule has 3 nitrogen and oxygen atoms in total. The predicted octanol–water partition coefficient (Wildman–Crippen LogP) is 5.89. The first kappa shape index (κ1) is 18.0. The number of hydrogen-bond donors (Lipinski definition) is 1. The SMILES string of the molecule is O=C(c1sccc1Cl)N1CCC[C@H]1c1ccccc1-c1ccc(F)c(O)c1. The van der Waals surface area contributed by atoms with Gasteiger partial charge in [0.2, 0.25) is 0 Å². The molecule has 1 amide bonds. The molecule has 0 spiro atoms. The number of carbonyl (C=O) groups is 1. The summed E-state index contributed by atoms with van der Waals surface area (Å²) < 4.78 is 13.5. The van der Waals surface area contributed by atoms with Gasteiger partial charge in [-0.05, 0) is 53.1 Å². The van der Waals surface area contributed by atoms with Crippen LogP contribution in [0.5, 0.6) is 5.75 Å². The number of likely N-dealkylation sites (tertiary alicyclic amines) is 1. The van der Waals surface area contributed by atoms with E-state index in [1.807, 2.05) is 34.5 Å². The van der Waals surface area contributed by atoms with E-state index in [0.717, 1.165) is 29.5 Å². The van der Waals surface area contributed by atoms with Crippen LogP contribution in [0.1, 0.15) is 34.1 Å². The molecule has 0 saturated carbocycles. The number of nitrogens with zero attached hydrogens (tertiary/aromatic N) is 1. The van der Waals surface area contributed by atoms with Crippen LogP contribution in [0.25, 0.3) is 11.1 Å². The fourth-order valence-corrected chi connectivity index (χ4v) is 4.73. The molecule has 27 heavy (non-hydrogen) atoms. The highest BCUT2D eigenvalue weighted by Crippen LogP contribution is 2.40. The van der Waals surface area contributed by atoms with Crippen LogP contribution in [-0.4, -0.2) is 22.5 Å². The van der Waals surface area contributed by atoms with Gasteiger partial charge in [0, 0.05) is 6.54 Å². The molecule has 3 aromatic rings. The van der Waals surface area contributed by atoms with Crippen LogP contribution < -0.4 is 0 Å². The summed E-state index contributed by atoms with van der Waals surface area (Å²) in [5.74, 6) is -1.09. The van der Waals surface area contributed by atoms with Gasteiger partial charge in [-0.3, -0.25) is 4.79 Å². The third-order valence-electron chi connectivity index (χ3n) is 4.90. The number of rotatable bonds is 3. The Kier molecular flexibility index (Phi) is 4.89. The van der Waals surface area contributed by atoms with Crippen molar-refractivity contribution in [2.75, 3.05) is 6.54 Å². The van der Waals surface area contributed by atoms with E-state index in [0.29, 0.717) is 16.4 Å². The maximum Gasteiger partial charge on any atom is 0.265 e. The summed E-state index contributed by atoms with van der Waals surface area (Å²) in [4.78, 5) is 15.4. The number of hydrogen-bond acceptors (Lipinski definition) is 3. The molecule has 0 aliphatic carbocycles. The van der Waals surface area contributed by atoms with Gasteiger partial charge in [-0.15, -0.1) is 11.3 Å². The molecule has 4 rings (SSSR count). The molecule has 0 radical (unpaired) electrons. The highest BCUT2D eigenvalue weighted by atomic mass is 35.5. The van der Waals surface area contributed by atoms with Gasteiger partial charge in [0.05, 0.1) is 11.1 Å². The Morgan fingerprint density at radius 2 is 2.04 bits per heavy atom. The number of phenols is 1. The number of aromatic hydroxyl groups is 1. The van der Waals surface area contributed by atoms with Crippen LogP contribution in [0.2, 0.25) is 5.02 Å². The molecule has 1 atom stereocenters. The monoisotopic (exact) mass is 401 g/mol. The summed E-state index contributed by atoms with van der Waals surface area (Å²) in [6.07, 6.45) is 1.75. The molecule has 0 bridgehead atoms. The first-order chi connectivity index (χ1) is 13.1. The molecular formula is C21H17ClFNO2S. The third kappa shape index (κ3) is 3.33. The Balaban J connectivity index is 1.73. The lowest BCUT2D eigenvalue weighted by atomic mass is 9.93. The van der Waals surface area contributed by atoms with E-state index in [9.17, 15) is 14.3 Å². The first-order valence-corrected chi connectivity index (χ1v) is 9.94. The van der Waals surface area contributed by atoms with Crippen molar-refractivity contribution in [1.82, 2.24) is 4.90 Å². The second-order valence-electron chi connectivity index (χ2n) is 6.51. The molecular weight excluding hydrogens is 385 g/mol. The van der Waals surface area contributed by atoms with Crippen LogP contribution in [0, 0.1) is 5.82 Å². The maximum absolute atomic E-state index is 13.5. The van der Waals surface area contributed by atoms with E-state index in [-0.39, 0.29) is 17.7 Å². The van der Waals surface area contributed by atoms with Crippen molar-refractivity contribution in [2.24, 2.45) is 0 Å². The highest BCUT2D eigenvalue weighted by molar-refractivity contribution is 7.12. The zero-order valence-corrected chi connectivity index (χ0v) is 15.9. The van der Waals surface area contributed by atoms with Gasteiger partial charge in [-0.25, -0.2) is 4.39 Å². The summed E-state index contributed by atoms with van der Waals surface area (Å²) in [6, 6.07) is 13.7. The molecule has 1 fully saturated rings. The lowest BCUT2D eigenvalue weighted by Gasteiger charge is -2.27. The Morgan fingerprint density at radius 3 is 2.78 bits per heavy atom. The average Bonchev–Trinajstić information content (AvgIpc) is 3.32. The highest BCUT2D eigenvalue weighted by Gasteiger charge is 2.33. The Bertz CT molecular complexity index is 1000. The van der Waals surface area contributed by atoms with E-state index in [1.54, 1.807) is 12.1 Å². The fraction of sp³-hybridized carbons (Fsp3) is 0.190. The van der Waals surface area contributed by atoms with Crippen molar-refractivity contribution in [2.45, 2.75) is 18.9 Å². The van der Waals surface area contributed by atoms with Gasteiger partial charge in [0.15, 0.2) is 11.6 Å². The predicted molar refractivity (Wildman–Crippen MR) is 106 cm³/mol. The van der Waals surface area contributed by atoms with Gasteiger partial charge in [0.1, 0.15) is 4.88 Å². The topological polar surface area (TPSA) is 40.5 Å². The maximum atomic E-state index is 13.5. The lowest BCUT2D eigenvalue weighted by molar-refractivity contribution is 0.0741. The van der Waals surface area contributed by atoms with E-state index in [4.69, 9.17) is 11.6 Å². The minimum Gasteiger partial charge on any atom is -0.505 e. The minimum atomic E-state index is -0.652. The van der Waals surface area contributed by atoms with Crippen LogP contribution in [0.15, 0.2) is 53.9 Å². The molecule has 138 valence electrons. The first-order valence-electron chi connectivity index (χ1n) is 8.68. The molecule has 1 saturated heterocycles. The van der Waals surface area contributed by atoms with E-state index >= 15 is 0 Å². The molecule has 2 heterocycles. The number of amides is 1. The summed E-state index contributed by atoms with van der Waals surface area (Å²) in [5.41, 5.74) is 2.59. The third-order valence-corrected chi connectivity index (χ3v) is 6.23. The summed E-state index contributed by atoms with van der Waals surface area (Å²) in [6.45, 7) is 0.667. The normalized spacial score (nSPS) is 16.7. The zero-order chi connectivity index (χ0) is 19.0. The molecule has 1 aliphatic rings. The van der Waals surface area contributed by atoms with Crippen molar-refractivity contribution in [1.29, 1.82) is 0 Å². The molecule has 1 aromatic heterocycles. The summed E-state index contributed by atoms with van der Waals surface area (Å²) >= 11 is 7.51. The van der Waals surface area contributed by atoms with Crippen molar-refractivity contribution >= 4 is 28.8 Å². The van der Waals surface area contributed by atoms with Crippen molar-refractivity contribution in [3.63, 3.8) is 0 Å². The Morgan fingerprint density at radius 1 is 1.22 bits per heavy atom. The van der Waals surface area contributed by atoms with E-state index in [2.05, 4.69) is 0 Å². The number of thiophene rings is 1. The van der Waals surface area contributed by atoms with Crippen molar-refractivity contribution < 1.29 is 14.3 Å². The Labute approximate surface area is 165 Å². The molecule has 1 aliphatic heterocycles. The van der Waals surface area contributed by atoms with Gasteiger partial charge in [0.25, 0.3) is 5.91 Å². The standard InChI is InChI=1S/C21H17ClFNO2S/c22-16-9-11-27-20(16)21(26)24-10-3-6-18(24)15-5-2-1-4-14(15)13-7-8-17(23)19(25)12-13/h1-2,4-5,7-9,11-12,18,25H,3,6,10H2/t18-/m0/s1. The smallest absolute Gasteiger partial charge is 0.265 e. The number of carbonyl (C=O) groups excluding carboxylic acids is 1. The van der Waals surface area contributed by atoms with E-state index < -0.39 is 5.82 Å². The quantitative estimate of drug-likeness (QED) is 0.594. The van der Waals surface area contributed by atoms with Crippen molar-refractivity contribution in [3.8, 4) is 16.9 Å². The fourth-order valence-electron chi connectivity index (χ4n) is 3.64. The zero-order valence-electron chi connectivity index (χ0n) is 14.4. The molecule has 6 heteroatoms. The number of phenolic OH excluding ortho intramolecular Hbond substituents is 1. The minimum absolute atomic E-state index is 0.0609. The van der Waals surface area contributed by atoms with Gasteiger partial charge >= 0.3 is 0 Å². The average molecular weight is 402 g/mol. The lowest BCUT2D eigenvalue weighted by Crippen LogP contribution is -2.30. The van der Waals surface area contributed by atoms with Gasteiger partial charge < -0.3 is 10.0 Å². The largest absolute Gasteiger partial charge is 0.505 e. The van der Waals surface area contributed by atoms with Crippen LogP contribution in [0.4, 0.5) is 4.39 Å². The van der Waals surface area contributed by atoms with Crippen LogP contribution in [-0.2, 0) is 0 Å². The molecule has 0 unspecified atom stereocenters. The second-order valence-corrected chi connectivity index (χ2v) is 7.83. The Hall–Kier alpha value is -2.37. The number of benzene rings is 2. The van der Waals surface area contributed by atoms with Crippen LogP contribution in [0.3, 0.4) is 0 Å². The van der Waals surface area contributed by atoms with Crippen molar-refractivity contribution in [3.05, 3.63) is 75.2 Å². The second kappa shape index (κ2) is 7.33. The van der Waals surface area contributed by atoms with Gasteiger partial charge in [-0.2, -0.15) is 0 Å². The molecule has 2 aromatic carbocycles. The molecule has 1 N–H and O–H groups in total.